The predicted octanol–water partition coefficient (Wildman–Crippen LogP) is 1.49. The third-order valence-corrected chi connectivity index (χ3v) is 2.91. The van der Waals surface area contributed by atoms with Crippen LogP contribution < -0.4 is 10.6 Å². The summed E-state index contributed by atoms with van der Waals surface area (Å²) in [5.41, 5.74) is 0. The Hall–Kier alpha value is -0.900. The smallest absolute Gasteiger partial charge is 0.237 e. The molecule has 2 unspecified atom stereocenters. The summed E-state index contributed by atoms with van der Waals surface area (Å²) in [6.07, 6.45) is 2.71. The highest BCUT2D eigenvalue weighted by molar-refractivity contribution is 5.89. The summed E-state index contributed by atoms with van der Waals surface area (Å²) in [6.45, 7) is 7.57. The summed E-state index contributed by atoms with van der Waals surface area (Å²) in [5.74, 6) is 0.156. The van der Waals surface area contributed by atoms with E-state index in [1.54, 1.807) is 7.05 Å². The van der Waals surface area contributed by atoms with Crippen molar-refractivity contribution < 1.29 is 9.59 Å². The van der Waals surface area contributed by atoms with Crippen LogP contribution >= 0.6 is 0 Å². The number of carbonyl (C=O) groups excluding carboxylic acids is 2. The minimum Gasteiger partial charge on any atom is -0.345 e. The van der Waals surface area contributed by atoms with E-state index in [-0.39, 0.29) is 29.7 Å². The fourth-order valence-electron chi connectivity index (χ4n) is 1.81. The molecule has 2 atom stereocenters. The van der Waals surface area contributed by atoms with E-state index in [1.165, 1.54) is 6.92 Å². The van der Waals surface area contributed by atoms with Crippen molar-refractivity contribution in [3.8, 4) is 0 Å². The molecule has 0 bridgehead atoms. The standard InChI is InChI=1S/C13H26N2O2/c1-6-7-8-11(10(4)16)15-13(17)12(14-5)9(2)3/h9,11-12,14H,6-8H2,1-5H3,(H,15,17). The van der Waals surface area contributed by atoms with Gasteiger partial charge in [0.1, 0.15) is 0 Å². The van der Waals surface area contributed by atoms with E-state index in [1.807, 2.05) is 13.8 Å². The summed E-state index contributed by atoms with van der Waals surface area (Å²) in [5, 5.41) is 5.81. The topological polar surface area (TPSA) is 58.2 Å². The molecule has 0 spiro atoms. The number of Topliss-reactive ketones (excluding diaryl/α,β-unsaturated/α-hetero) is 1. The third kappa shape index (κ3) is 5.82. The first kappa shape index (κ1) is 16.1. The zero-order valence-electron chi connectivity index (χ0n) is 11.7. The number of hydrogen-bond donors (Lipinski definition) is 2. The Kier molecular flexibility index (Phi) is 7.79. The Labute approximate surface area is 105 Å². The van der Waals surface area contributed by atoms with Gasteiger partial charge < -0.3 is 10.6 Å². The molecule has 0 saturated carbocycles. The van der Waals surface area contributed by atoms with E-state index < -0.39 is 0 Å². The molecule has 0 aliphatic heterocycles. The zero-order chi connectivity index (χ0) is 13.4. The van der Waals surface area contributed by atoms with Gasteiger partial charge in [-0.05, 0) is 26.3 Å². The average Bonchev–Trinajstić information content (AvgIpc) is 2.24. The van der Waals surface area contributed by atoms with Crippen molar-refractivity contribution in [1.29, 1.82) is 0 Å². The van der Waals surface area contributed by atoms with Gasteiger partial charge in [-0.2, -0.15) is 0 Å². The number of hydrogen-bond acceptors (Lipinski definition) is 3. The van der Waals surface area contributed by atoms with Crippen LogP contribution in [0, 0.1) is 5.92 Å². The highest BCUT2D eigenvalue weighted by Crippen LogP contribution is 2.05. The molecule has 0 aromatic carbocycles. The molecule has 0 aliphatic carbocycles. The first-order valence-corrected chi connectivity index (χ1v) is 6.42. The SMILES string of the molecule is CCCCC(NC(=O)C(NC)C(C)C)C(C)=O. The van der Waals surface area contributed by atoms with Gasteiger partial charge in [-0.25, -0.2) is 0 Å². The molecule has 0 rings (SSSR count). The van der Waals surface area contributed by atoms with E-state index in [2.05, 4.69) is 17.6 Å². The number of carbonyl (C=O) groups is 2. The number of rotatable bonds is 8. The van der Waals surface area contributed by atoms with Crippen molar-refractivity contribution in [2.75, 3.05) is 7.05 Å². The van der Waals surface area contributed by atoms with Gasteiger partial charge in [0.2, 0.25) is 5.91 Å². The molecule has 0 fully saturated rings. The van der Waals surface area contributed by atoms with Crippen LogP contribution in [0.4, 0.5) is 0 Å². The van der Waals surface area contributed by atoms with Gasteiger partial charge in [-0.1, -0.05) is 33.6 Å². The summed E-state index contributed by atoms with van der Waals surface area (Å²) < 4.78 is 0. The molecule has 0 radical (unpaired) electrons. The van der Waals surface area contributed by atoms with E-state index in [0.29, 0.717) is 0 Å². The van der Waals surface area contributed by atoms with Crippen LogP contribution in [0.5, 0.6) is 0 Å². The molecule has 0 heterocycles. The van der Waals surface area contributed by atoms with Crippen LogP contribution in [0.25, 0.3) is 0 Å². The Morgan fingerprint density at radius 3 is 2.18 bits per heavy atom. The molecule has 4 heteroatoms. The van der Waals surface area contributed by atoms with Gasteiger partial charge in [0.05, 0.1) is 12.1 Å². The van der Waals surface area contributed by atoms with E-state index >= 15 is 0 Å². The highest BCUT2D eigenvalue weighted by atomic mass is 16.2. The van der Waals surface area contributed by atoms with Gasteiger partial charge in [0.25, 0.3) is 0 Å². The summed E-state index contributed by atoms with van der Waals surface area (Å²) in [6, 6.07) is -0.574. The molecule has 1 amide bonds. The number of amides is 1. The highest BCUT2D eigenvalue weighted by Gasteiger charge is 2.24. The lowest BCUT2D eigenvalue weighted by Crippen LogP contribution is -2.51. The van der Waals surface area contributed by atoms with Crippen LogP contribution in [-0.2, 0) is 9.59 Å². The second-order valence-electron chi connectivity index (χ2n) is 4.82. The van der Waals surface area contributed by atoms with Gasteiger partial charge in [0.15, 0.2) is 5.78 Å². The normalized spacial score (nSPS) is 14.5. The molecular weight excluding hydrogens is 216 g/mol. The monoisotopic (exact) mass is 242 g/mol. The van der Waals surface area contributed by atoms with Gasteiger partial charge >= 0.3 is 0 Å². The van der Waals surface area contributed by atoms with Crippen LogP contribution in [0.2, 0.25) is 0 Å². The minimum atomic E-state index is -0.336. The Morgan fingerprint density at radius 2 is 1.82 bits per heavy atom. The van der Waals surface area contributed by atoms with Crippen LogP contribution in [0.1, 0.15) is 47.0 Å². The number of likely N-dealkylation sites (N-methyl/N-ethyl adjacent to an activating group) is 1. The maximum absolute atomic E-state index is 12.0. The van der Waals surface area contributed by atoms with Crippen LogP contribution in [-0.4, -0.2) is 30.8 Å². The molecule has 0 aliphatic rings. The average molecular weight is 242 g/mol. The van der Waals surface area contributed by atoms with Crippen molar-refractivity contribution in [2.45, 2.75) is 59.0 Å². The Balaban J connectivity index is 4.43. The first-order chi connectivity index (χ1) is 7.93. The lowest BCUT2D eigenvalue weighted by atomic mass is 10.0. The Morgan fingerprint density at radius 1 is 1.24 bits per heavy atom. The van der Waals surface area contributed by atoms with Crippen molar-refractivity contribution >= 4 is 11.7 Å². The van der Waals surface area contributed by atoms with Crippen molar-refractivity contribution in [2.24, 2.45) is 5.92 Å². The van der Waals surface area contributed by atoms with E-state index in [4.69, 9.17) is 0 Å². The van der Waals surface area contributed by atoms with Gasteiger partial charge in [0, 0.05) is 0 Å². The molecule has 17 heavy (non-hydrogen) atoms. The number of nitrogens with one attached hydrogen (secondary N) is 2. The largest absolute Gasteiger partial charge is 0.345 e. The molecule has 0 aromatic heterocycles. The molecule has 100 valence electrons. The minimum absolute atomic E-state index is 0.0328. The van der Waals surface area contributed by atoms with Crippen LogP contribution in [0.3, 0.4) is 0 Å². The quantitative estimate of drug-likeness (QED) is 0.678. The predicted molar refractivity (Wildman–Crippen MR) is 69.8 cm³/mol. The third-order valence-electron chi connectivity index (χ3n) is 2.91. The molecule has 0 saturated heterocycles. The summed E-state index contributed by atoms with van der Waals surface area (Å²) >= 11 is 0. The maximum Gasteiger partial charge on any atom is 0.237 e. The second kappa shape index (κ2) is 8.23. The van der Waals surface area contributed by atoms with Crippen molar-refractivity contribution in [1.82, 2.24) is 10.6 Å². The summed E-state index contributed by atoms with van der Waals surface area (Å²) in [7, 11) is 1.76. The van der Waals surface area contributed by atoms with Crippen LogP contribution in [0.15, 0.2) is 0 Å². The zero-order valence-corrected chi connectivity index (χ0v) is 11.7. The molecule has 0 aromatic rings. The number of ketones is 1. The van der Waals surface area contributed by atoms with Gasteiger partial charge in [-0.15, -0.1) is 0 Å². The van der Waals surface area contributed by atoms with E-state index in [9.17, 15) is 9.59 Å². The van der Waals surface area contributed by atoms with E-state index in [0.717, 1.165) is 19.3 Å². The second-order valence-corrected chi connectivity index (χ2v) is 4.82. The molecule has 2 N–H and O–H groups in total. The van der Waals surface area contributed by atoms with Gasteiger partial charge in [-0.3, -0.25) is 9.59 Å². The molecular formula is C13H26N2O2. The summed E-state index contributed by atoms with van der Waals surface area (Å²) in [4.78, 5) is 23.4. The maximum atomic E-state index is 12.0. The lowest BCUT2D eigenvalue weighted by molar-refractivity contribution is -0.129. The van der Waals surface area contributed by atoms with Crippen molar-refractivity contribution in [3.05, 3.63) is 0 Å². The lowest BCUT2D eigenvalue weighted by Gasteiger charge is -2.23. The number of unbranched alkanes of at least 4 members (excludes halogenated alkanes) is 1. The fraction of sp³-hybridized carbons (Fsp3) is 0.846. The first-order valence-electron chi connectivity index (χ1n) is 6.42. The fourth-order valence-corrected chi connectivity index (χ4v) is 1.81. The van der Waals surface area contributed by atoms with Crippen molar-refractivity contribution in [3.63, 3.8) is 0 Å². The Bertz CT molecular complexity index is 252. The molecule has 4 nitrogen and oxygen atoms in total.